The van der Waals surface area contributed by atoms with Gasteiger partial charge in [0.15, 0.2) is 0 Å². The van der Waals surface area contributed by atoms with Crippen molar-refractivity contribution in [3.05, 3.63) is 35.9 Å². The predicted molar refractivity (Wildman–Crippen MR) is 109 cm³/mol. The van der Waals surface area contributed by atoms with E-state index in [1.807, 2.05) is 0 Å². The molecule has 146 valence electrons. The second kappa shape index (κ2) is 10.9. The molecule has 0 aromatic heterocycles. The van der Waals surface area contributed by atoms with Crippen LogP contribution in [0.5, 0.6) is 0 Å². The molecule has 0 saturated carbocycles. The van der Waals surface area contributed by atoms with Crippen molar-refractivity contribution in [1.82, 2.24) is 20.4 Å². The van der Waals surface area contributed by atoms with E-state index in [1.165, 1.54) is 5.56 Å². The molecule has 1 aromatic carbocycles. The van der Waals surface area contributed by atoms with Crippen LogP contribution in [0.25, 0.3) is 0 Å². The summed E-state index contributed by atoms with van der Waals surface area (Å²) in [4.78, 5) is 17.3. The highest BCUT2D eigenvalue weighted by Gasteiger charge is 2.24. The molecular weight excluding hydrogens is 348 g/mol. The number of piperidine rings is 1. The lowest BCUT2D eigenvalue weighted by atomic mass is 9.92. The number of piperazine rings is 1. The van der Waals surface area contributed by atoms with Crippen molar-refractivity contribution in [2.75, 3.05) is 45.8 Å². The number of nitrogens with zero attached hydrogens (tertiary/aromatic N) is 2. The summed E-state index contributed by atoms with van der Waals surface area (Å²) in [5.74, 6) is 0.440. The van der Waals surface area contributed by atoms with Crippen LogP contribution in [-0.4, -0.2) is 67.6 Å². The van der Waals surface area contributed by atoms with Gasteiger partial charge in [-0.3, -0.25) is 14.6 Å². The molecule has 3 rings (SSSR count). The Morgan fingerprint density at radius 2 is 1.85 bits per heavy atom. The molecule has 0 aliphatic carbocycles. The Labute approximate surface area is 163 Å². The fraction of sp³-hybridized carbons (Fsp3) is 0.650. The Morgan fingerprint density at radius 3 is 2.54 bits per heavy atom. The number of nitrogens with one attached hydrogen (secondary N) is 2. The van der Waals surface area contributed by atoms with E-state index in [2.05, 4.69) is 57.7 Å². The highest BCUT2D eigenvalue weighted by Crippen LogP contribution is 2.15. The fourth-order valence-corrected chi connectivity index (χ4v) is 3.86. The Bertz CT molecular complexity index is 534. The first-order chi connectivity index (χ1) is 12.2. The molecule has 5 nitrogen and oxygen atoms in total. The highest BCUT2D eigenvalue weighted by molar-refractivity contribution is 5.85. The van der Waals surface area contributed by atoms with E-state index in [0.717, 1.165) is 65.2 Å². The maximum atomic E-state index is 12.3. The van der Waals surface area contributed by atoms with Gasteiger partial charge in [-0.2, -0.15) is 0 Å². The van der Waals surface area contributed by atoms with Crippen molar-refractivity contribution in [3.8, 4) is 0 Å². The number of rotatable bonds is 6. The number of benzene rings is 1. The third-order valence-corrected chi connectivity index (χ3v) is 5.44. The summed E-state index contributed by atoms with van der Waals surface area (Å²) in [6.45, 7) is 10.3. The van der Waals surface area contributed by atoms with Crippen LogP contribution in [0, 0.1) is 5.92 Å². The lowest BCUT2D eigenvalue weighted by molar-refractivity contribution is -0.126. The molecule has 2 aliphatic heterocycles. The molecular formula is C20H33ClN4O. The molecule has 2 atom stereocenters. The topological polar surface area (TPSA) is 47.6 Å². The minimum atomic E-state index is 0. The SMILES string of the molecule is C[C@H]1C[C@@H](C(=O)NCCN2CCN(Cc3ccccc3)CC2)CCN1.Cl. The van der Waals surface area contributed by atoms with Gasteiger partial charge in [0.05, 0.1) is 0 Å². The molecule has 2 saturated heterocycles. The molecule has 0 spiro atoms. The van der Waals surface area contributed by atoms with Crippen LogP contribution >= 0.6 is 12.4 Å². The van der Waals surface area contributed by atoms with Crippen molar-refractivity contribution in [2.45, 2.75) is 32.4 Å². The Balaban J connectivity index is 0.00000243. The number of hydrogen-bond acceptors (Lipinski definition) is 4. The molecule has 2 N–H and O–H groups in total. The quantitative estimate of drug-likeness (QED) is 0.789. The summed E-state index contributed by atoms with van der Waals surface area (Å²) in [5, 5.41) is 6.55. The summed E-state index contributed by atoms with van der Waals surface area (Å²) in [6, 6.07) is 11.1. The van der Waals surface area contributed by atoms with E-state index >= 15 is 0 Å². The summed E-state index contributed by atoms with van der Waals surface area (Å²) >= 11 is 0. The van der Waals surface area contributed by atoms with Gasteiger partial charge in [0.2, 0.25) is 5.91 Å². The zero-order valence-corrected chi connectivity index (χ0v) is 16.6. The van der Waals surface area contributed by atoms with Gasteiger partial charge in [0.1, 0.15) is 0 Å². The minimum Gasteiger partial charge on any atom is -0.355 e. The first kappa shape index (κ1) is 21.2. The molecule has 26 heavy (non-hydrogen) atoms. The predicted octanol–water partition coefficient (Wildman–Crippen LogP) is 1.73. The Kier molecular flexibility index (Phi) is 8.85. The maximum Gasteiger partial charge on any atom is 0.223 e. The van der Waals surface area contributed by atoms with Crippen LogP contribution in [0.1, 0.15) is 25.3 Å². The van der Waals surface area contributed by atoms with E-state index in [4.69, 9.17) is 0 Å². The van der Waals surface area contributed by atoms with Gasteiger partial charge in [-0.05, 0) is 31.9 Å². The molecule has 0 radical (unpaired) electrons. The minimum absolute atomic E-state index is 0. The number of amides is 1. The van der Waals surface area contributed by atoms with Crippen LogP contribution < -0.4 is 10.6 Å². The summed E-state index contributed by atoms with van der Waals surface area (Å²) in [6.07, 6.45) is 1.93. The molecule has 2 fully saturated rings. The van der Waals surface area contributed by atoms with Crippen molar-refractivity contribution < 1.29 is 4.79 Å². The average molecular weight is 381 g/mol. The molecule has 1 aromatic rings. The summed E-state index contributed by atoms with van der Waals surface area (Å²) in [7, 11) is 0. The highest BCUT2D eigenvalue weighted by atomic mass is 35.5. The second-order valence-corrected chi connectivity index (χ2v) is 7.47. The lowest BCUT2D eigenvalue weighted by Gasteiger charge is -2.35. The van der Waals surface area contributed by atoms with Gasteiger partial charge < -0.3 is 10.6 Å². The Hall–Kier alpha value is -1.14. The van der Waals surface area contributed by atoms with Crippen molar-refractivity contribution in [2.24, 2.45) is 5.92 Å². The third-order valence-electron chi connectivity index (χ3n) is 5.44. The monoisotopic (exact) mass is 380 g/mol. The first-order valence-corrected chi connectivity index (χ1v) is 9.70. The van der Waals surface area contributed by atoms with Crippen LogP contribution in [-0.2, 0) is 11.3 Å². The molecule has 6 heteroatoms. The normalized spacial score (nSPS) is 24.7. The number of carbonyl (C=O) groups is 1. The van der Waals surface area contributed by atoms with E-state index in [0.29, 0.717) is 6.04 Å². The van der Waals surface area contributed by atoms with Crippen LogP contribution in [0.15, 0.2) is 30.3 Å². The summed E-state index contributed by atoms with van der Waals surface area (Å²) < 4.78 is 0. The molecule has 2 heterocycles. The summed E-state index contributed by atoms with van der Waals surface area (Å²) in [5.41, 5.74) is 1.39. The van der Waals surface area contributed by atoms with Crippen molar-refractivity contribution in [1.29, 1.82) is 0 Å². The third kappa shape index (κ3) is 6.54. The zero-order chi connectivity index (χ0) is 17.5. The smallest absolute Gasteiger partial charge is 0.223 e. The lowest BCUT2D eigenvalue weighted by Crippen LogP contribution is -2.49. The first-order valence-electron chi connectivity index (χ1n) is 9.70. The van der Waals surface area contributed by atoms with E-state index in [1.54, 1.807) is 0 Å². The second-order valence-electron chi connectivity index (χ2n) is 7.47. The van der Waals surface area contributed by atoms with Crippen LogP contribution in [0.3, 0.4) is 0 Å². The molecule has 0 bridgehead atoms. The van der Waals surface area contributed by atoms with Crippen molar-refractivity contribution >= 4 is 18.3 Å². The fourth-order valence-electron chi connectivity index (χ4n) is 3.86. The van der Waals surface area contributed by atoms with Crippen LogP contribution in [0.4, 0.5) is 0 Å². The maximum absolute atomic E-state index is 12.3. The number of hydrogen-bond donors (Lipinski definition) is 2. The standard InChI is InChI=1S/C20H32N4O.ClH/c1-17-15-19(7-8-21-17)20(25)22-9-10-23-11-13-24(14-12-23)16-18-5-3-2-4-6-18;/h2-6,17,19,21H,7-16H2,1H3,(H,22,25);1H/t17-,19-;/m0./s1. The molecule has 2 aliphatic rings. The van der Waals surface area contributed by atoms with Gasteiger partial charge in [-0.25, -0.2) is 0 Å². The van der Waals surface area contributed by atoms with Gasteiger partial charge in [-0.15, -0.1) is 12.4 Å². The van der Waals surface area contributed by atoms with Gasteiger partial charge >= 0.3 is 0 Å². The average Bonchev–Trinajstić information content (AvgIpc) is 2.64. The van der Waals surface area contributed by atoms with Gasteiger partial charge in [-0.1, -0.05) is 30.3 Å². The molecule has 0 unspecified atom stereocenters. The number of halogens is 1. The largest absolute Gasteiger partial charge is 0.355 e. The van der Waals surface area contributed by atoms with E-state index < -0.39 is 0 Å². The van der Waals surface area contributed by atoms with Crippen LogP contribution in [0.2, 0.25) is 0 Å². The van der Waals surface area contributed by atoms with Gasteiger partial charge in [0, 0.05) is 57.8 Å². The molecule has 1 amide bonds. The van der Waals surface area contributed by atoms with Gasteiger partial charge in [0.25, 0.3) is 0 Å². The Morgan fingerprint density at radius 1 is 1.15 bits per heavy atom. The number of carbonyl (C=O) groups excluding carboxylic acids is 1. The van der Waals surface area contributed by atoms with E-state index in [9.17, 15) is 4.79 Å². The van der Waals surface area contributed by atoms with E-state index in [-0.39, 0.29) is 24.2 Å². The zero-order valence-electron chi connectivity index (χ0n) is 15.8. The van der Waals surface area contributed by atoms with Crippen molar-refractivity contribution in [3.63, 3.8) is 0 Å².